The Hall–Kier alpha value is -2.33. The summed E-state index contributed by atoms with van der Waals surface area (Å²) in [6, 6.07) is 9.21. The van der Waals surface area contributed by atoms with Gasteiger partial charge in [-0.15, -0.1) is 0 Å². The maximum Gasteiger partial charge on any atom is 0.225 e. The maximum atomic E-state index is 6.22. The number of halogens is 1. The van der Waals surface area contributed by atoms with Crippen LogP contribution in [0.15, 0.2) is 53.4 Å². The Balaban J connectivity index is 2.10. The largest absolute Gasteiger partial charge is 0.445 e. The van der Waals surface area contributed by atoms with E-state index in [0.717, 1.165) is 16.7 Å². The molecule has 1 aromatic carbocycles. The summed E-state index contributed by atoms with van der Waals surface area (Å²) >= 11 is 6.22. The molecule has 0 saturated heterocycles. The number of nitrogen functional groups attached to an aromatic ring is 1. The molecule has 2 N–H and O–H groups in total. The minimum absolute atomic E-state index is 0.476. The first-order valence-electron chi connectivity index (χ1n) is 5.65. The summed E-state index contributed by atoms with van der Waals surface area (Å²) in [5, 5.41) is 0.641. The molecule has 0 aliphatic rings. The van der Waals surface area contributed by atoms with Crippen molar-refractivity contribution in [1.82, 2.24) is 9.97 Å². The van der Waals surface area contributed by atoms with E-state index in [2.05, 4.69) is 9.97 Å². The van der Waals surface area contributed by atoms with Gasteiger partial charge in [-0.3, -0.25) is 0 Å². The second-order valence-corrected chi connectivity index (χ2v) is 4.41. The molecule has 0 unspecified atom stereocenters. The second kappa shape index (κ2) is 4.74. The molecule has 0 amide bonds. The van der Waals surface area contributed by atoms with Crippen molar-refractivity contribution in [3.05, 3.63) is 54.0 Å². The van der Waals surface area contributed by atoms with E-state index in [1.807, 2.05) is 24.3 Å². The Morgan fingerprint density at radius 2 is 1.89 bits per heavy atom. The minimum Gasteiger partial charge on any atom is -0.445 e. The number of hydrogen-bond acceptors (Lipinski definition) is 4. The lowest BCUT2D eigenvalue weighted by Crippen LogP contribution is -1.90. The highest BCUT2D eigenvalue weighted by atomic mass is 35.5. The van der Waals surface area contributed by atoms with Gasteiger partial charge in [0.1, 0.15) is 12.1 Å². The van der Waals surface area contributed by atoms with Crippen LogP contribution in [-0.2, 0) is 0 Å². The zero-order chi connectivity index (χ0) is 13.2. The molecule has 2 heterocycles. The molecular weight excluding hydrogens is 262 g/mol. The smallest absolute Gasteiger partial charge is 0.225 e. The monoisotopic (exact) mass is 271 g/mol. The van der Waals surface area contributed by atoms with Crippen molar-refractivity contribution in [2.24, 2.45) is 0 Å². The molecule has 3 aromatic rings. The van der Waals surface area contributed by atoms with Gasteiger partial charge in [0.15, 0.2) is 0 Å². The van der Waals surface area contributed by atoms with Crippen LogP contribution >= 0.6 is 11.6 Å². The van der Waals surface area contributed by atoms with Gasteiger partial charge in [-0.1, -0.05) is 11.6 Å². The van der Waals surface area contributed by atoms with Crippen LogP contribution < -0.4 is 5.73 Å². The van der Waals surface area contributed by atoms with Gasteiger partial charge >= 0.3 is 0 Å². The molecule has 2 aromatic heterocycles. The third kappa shape index (κ3) is 2.30. The number of hydrogen-bond donors (Lipinski definition) is 1. The van der Waals surface area contributed by atoms with Crippen LogP contribution in [0.25, 0.3) is 22.6 Å². The molecule has 0 spiro atoms. The number of benzene rings is 1. The molecule has 4 nitrogen and oxygen atoms in total. The first kappa shape index (κ1) is 11.7. The van der Waals surface area contributed by atoms with Gasteiger partial charge in [-0.25, -0.2) is 9.97 Å². The summed E-state index contributed by atoms with van der Waals surface area (Å²) in [7, 11) is 0. The number of nitrogens with two attached hydrogens (primary N) is 1. The molecule has 0 aliphatic heterocycles. The van der Waals surface area contributed by atoms with Gasteiger partial charge in [0.05, 0.1) is 6.20 Å². The lowest BCUT2D eigenvalue weighted by Gasteiger charge is -2.06. The summed E-state index contributed by atoms with van der Waals surface area (Å²) in [4.78, 5) is 8.19. The fourth-order valence-corrected chi connectivity index (χ4v) is 2.04. The van der Waals surface area contributed by atoms with Crippen LogP contribution in [0.1, 0.15) is 0 Å². The van der Waals surface area contributed by atoms with E-state index >= 15 is 0 Å². The van der Waals surface area contributed by atoms with Gasteiger partial charge < -0.3 is 10.2 Å². The topological polar surface area (TPSA) is 64.9 Å². The molecule has 94 valence electrons. The molecule has 0 radical (unpaired) electrons. The van der Waals surface area contributed by atoms with Gasteiger partial charge in [0.25, 0.3) is 0 Å². The zero-order valence-electron chi connectivity index (χ0n) is 9.88. The quantitative estimate of drug-likeness (QED) is 0.773. The van der Waals surface area contributed by atoms with E-state index in [1.54, 1.807) is 18.5 Å². The van der Waals surface area contributed by atoms with Gasteiger partial charge in [0.2, 0.25) is 5.89 Å². The van der Waals surface area contributed by atoms with E-state index in [1.165, 1.54) is 6.26 Å². The molecule has 0 atom stereocenters. The number of rotatable bonds is 2. The Labute approximate surface area is 114 Å². The van der Waals surface area contributed by atoms with Crippen molar-refractivity contribution in [1.29, 1.82) is 0 Å². The Kier molecular flexibility index (Phi) is 2.93. The van der Waals surface area contributed by atoms with Crippen LogP contribution in [0.3, 0.4) is 0 Å². The summed E-state index contributed by atoms with van der Waals surface area (Å²) in [6.45, 7) is 0. The van der Waals surface area contributed by atoms with Crippen LogP contribution in [-0.4, -0.2) is 9.97 Å². The van der Waals surface area contributed by atoms with Crippen molar-refractivity contribution in [3.63, 3.8) is 0 Å². The summed E-state index contributed by atoms with van der Waals surface area (Å²) < 4.78 is 5.28. The van der Waals surface area contributed by atoms with E-state index in [4.69, 9.17) is 21.8 Å². The van der Waals surface area contributed by atoms with E-state index in [0.29, 0.717) is 16.7 Å². The number of nitrogens with zero attached hydrogens (tertiary/aromatic N) is 2. The second-order valence-electron chi connectivity index (χ2n) is 4.00. The molecule has 3 rings (SSSR count). The molecule has 0 bridgehead atoms. The molecule has 0 aliphatic carbocycles. The molecule has 0 saturated carbocycles. The number of anilines is 1. The molecular formula is C14H10ClN3O. The Morgan fingerprint density at radius 1 is 1.05 bits per heavy atom. The fourth-order valence-electron chi connectivity index (χ4n) is 1.81. The van der Waals surface area contributed by atoms with Gasteiger partial charge in [-0.05, 0) is 30.3 Å². The van der Waals surface area contributed by atoms with Crippen LogP contribution in [0.4, 0.5) is 5.82 Å². The molecule has 19 heavy (non-hydrogen) atoms. The van der Waals surface area contributed by atoms with Crippen molar-refractivity contribution in [2.75, 3.05) is 5.73 Å². The summed E-state index contributed by atoms with van der Waals surface area (Å²) in [5.41, 5.74) is 8.20. The SMILES string of the molecule is Nc1ccc(-c2cc(-c3ncco3)ccc2Cl)cn1. The summed E-state index contributed by atoms with van der Waals surface area (Å²) in [6.07, 6.45) is 4.83. The fraction of sp³-hybridized carbons (Fsp3) is 0. The van der Waals surface area contributed by atoms with Crippen molar-refractivity contribution >= 4 is 17.4 Å². The van der Waals surface area contributed by atoms with E-state index in [9.17, 15) is 0 Å². The first-order valence-corrected chi connectivity index (χ1v) is 6.03. The minimum atomic E-state index is 0.476. The highest BCUT2D eigenvalue weighted by molar-refractivity contribution is 6.33. The third-order valence-electron chi connectivity index (χ3n) is 2.74. The zero-order valence-corrected chi connectivity index (χ0v) is 10.6. The summed E-state index contributed by atoms with van der Waals surface area (Å²) in [5.74, 6) is 1.03. The van der Waals surface area contributed by atoms with Crippen molar-refractivity contribution < 1.29 is 4.42 Å². The predicted molar refractivity (Wildman–Crippen MR) is 74.6 cm³/mol. The Morgan fingerprint density at radius 3 is 2.58 bits per heavy atom. The van der Waals surface area contributed by atoms with Gasteiger partial charge in [-0.2, -0.15) is 0 Å². The standard InChI is InChI=1S/C14H10ClN3O/c15-12-3-1-9(14-17-5-6-19-14)7-11(12)10-2-4-13(16)18-8-10/h1-8H,(H2,16,18). The lowest BCUT2D eigenvalue weighted by atomic mass is 10.0. The van der Waals surface area contributed by atoms with E-state index in [-0.39, 0.29) is 0 Å². The average Bonchev–Trinajstić information content (AvgIpc) is 2.94. The number of aromatic nitrogens is 2. The van der Waals surface area contributed by atoms with Crippen molar-refractivity contribution in [3.8, 4) is 22.6 Å². The third-order valence-corrected chi connectivity index (χ3v) is 3.07. The predicted octanol–water partition coefficient (Wildman–Crippen LogP) is 3.64. The van der Waals surface area contributed by atoms with Crippen LogP contribution in [0.2, 0.25) is 5.02 Å². The average molecular weight is 272 g/mol. The first-order chi connectivity index (χ1) is 9.24. The highest BCUT2D eigenvalue weighted by Crippen LogP contribution is 2.31. The van der Waals surface area contributed by atoms with Gasteiger partial charge in [0, 0.05) is 27.9 Å². The lowest BCUT2D eigenvalue weighted by molar-refractivity contribution is 0.574. The molecule has 0 fully saturated rings. The highest BCUT2D eigenvalue weighted by Gasteiger charge is 2.09. The number of pyridine rings is 1. The van der Waals surface area contributed by atoms with Crippen molar-refractivity contribution in [2.45, 2.75) is 0 Å². The number of oxazole rings is 1. The molecule has 5 heteroatoms. The van der Waals surface area contributed by atoms with Crippen LogP contribution in [0, 0.1) is 0 Å². The van der Waals surface area contributed by atoms with Crippen LogP contribution in [0.5, 0.6) is 0 Å². The van der Waals surface area contributed by atoms with E-state index < -0.39 is 0 Å². The Bertz CT molecular complexity index is 693. The maximum absolute atomic E-state index is 6.22. The normalized spacial score (nSPS) is 10.6.